The first kappa shape index (κ1) is 27.7. The zero-order chi connectivity index (χ0) is 28.7. The van der Waals surface area contributed by atoms with Crippen LogP contribution in [0, 0.1) is 0 Å². The van der Waals surface area contributed by atoms with E-state index in [1.165, 1.54) is 12.3 Å². The quantitative estimate of drug-likeness (QED) is 0.310. The molecule has 1 aromatic heterocycles. The van der Waals surface area contributed by atoms with Crippen LogP contribution in [-0.4, -0.2) is 29.9 Å². The number of carbonyl (C=O) groups is 2. The molecule has 0 radical (unpaired) electrons. The van der Waals surface area contributed by atoms with Crippen molar-refractivity contribution < 1.29 is 35.9 Å². The van der Waals surface area contributed by atoms with Crippen LogP contribution in [0.25, 0.3) is 22.4 Å². The molecule has 0 aliphatic carbocycles. The highest BCUT2D eigenvalue weighted by atomic mass is 19.4. The van der Waals surface area contributed by atoms with E-state index in [1.807, 2.05) is 0 Å². The largest absolute Gasteiger partial charge is 0.416 e. The average Bonchev–Trinajstić information content (AvgIpc) is 2.92. The van der Waals surface area contributed by atoms with Crippen LogP contribution < -0.4 is 9.80 Å². The van der Waals surface area contributed by atoms with E-state index in [0.717, 1.165) is 25.7 Å². The Morgan fingerprint density at radius 3 is 1.55 bits per heavy atom. The predicted molar refractivity (Wildman–Crippen MR) is 138 cm³/mol. The molecule has 11 heteroatoms. The first-order valence-electron chi connectivity index (χ1n) is 12.9. The lowest BCUT2D eigenvalue weighted by Crippen LogP contribution is -2.37. The van der Waals surface area contributed by atoms with Crippen molar-refractivity contribution in [3.05, 3.63) is 65.9 Å². The van der Waals surface area contributed by atoms with Crippen LogP contribution >= 0.6 is 0 Å². The molecule has 0 N–H and O–H groups in total. The number of aromatic nitrogens is 1. The molecule has 0 saturated carbocycles. The highest BCUT2D eigenvalue weighted by Gasteiger charge is 2.37. The first-order valence-corrected chi connectivity index (χ1v) is 12.9. The third-order valence-electron chi connectivity index (χ3n) is 7.15. The van der Waals surface area contributed by atoms with Crippen LogP contribution in [0.1, 0.15) is 49.7 Å². The molecule has 0 bridgehead atoms. The summed E-state index contributed by atoms with van der Waals surface area (Å²) < 4.78 is 80.0. The zero-order valence-electron chi connectivity index (χ0n) is 21.3. The molecular formula is C29H25F6N3O2. The van der Waals surface area contributed by atoms with Crippen LogP contribution in [0.3, 0.4) is 0 Å². The lowest BCUT2D eigenvalue weighted by atomic mass is 9.99. The van der Waals surface area contributed by atoms with Gasteiger partial charge in [0.1, 0.15) is 0 Å². The molecule has 2 aliphatic heterocycles. The van der Waals surface area contributed by atoms with E-state index in [0.29, 0.717) is 60.6 Å². The van der Waals surface area contributed by atoms with Gasteiger partial charge in [-0.25, -0.2) is 0 Å². The number of nitrogens with zero attached hydrogens (tertiary/aromatic N) is 3. The van der Waals surface area contributed by atoms with Gasteiger partial charge in [0.25, 0.3) is 0 Å². The molecule has 2 amide bonds. The summed E-state index contributed by atoms with van der Waals surface area (Å²) in [5.41, 5.74) is -0.835. The Morgan fingerprint density at radius 2 is 1.12 bits per heavy atom. The predicted octanol–water partition coefficient (Wildman–Crippen LogP) is 7.49. The molecule has 0 atom stereocenters. The topological polar surface area (TPSA) is 53.5 Å². The molecule has 3 heterocycles. The fourth-order valence-corrected chi connectivity index (χ4v) is 5.07. The summed E-state index contributed by atoms with van der Waals surface area (Å²) in [7, 11) is 0. The van der Waals surface area contributed by atoms with Gasteiger partial charge in [-0.1, -0.05) is 6.07 Å². The summed E-state index contributed by atoms with van der Waals surface area (Å²) in [4.78, 5) is 32.9. The van der Waals surface area contributed by atoms with Gasteiger partial charge in [0.15, 0.2) is 0 Å². The van der Waals surface area contributed by atoms with Crippen molar-refractivity contribution in [3.8, 4) is 22.4 Å². The van der Waals surface area contributed by atoms with E-state index >= 15 is 0 Å². The Hall–Kier alpha value is -3.89. The molecule has 5 nitrogen and oxygen atoms in total. The molecule has 0 spiro atoms. The van der Waals surface area contributed by atoms with Crippen LogP contribution in [-0.2, 0) is 21.9 Å². The summed E-state index contributed by atoms with van der Waals surface area (Å²) in [6, 6.07) is 9.63. The van der Waals surface area contributed by atoms with Crippen LogP contribution in [0.2, 0.25) is 0 Å². The maximum absolute atomic E-state index is 13.3. The van der Waals surface area contributed by atoms with Gasteiger partial charge in [-0.3, -0.25) is 14.6 Å². The van der Waals surface area contributed by atoms with E-state index in [1.54, 1.807) is 34.1 Å². The Kier molecular flexibility index (Phi) is 7.32. The van der Waals surface area contributed by atoms with Gasteiger partial charge in [0.05, 0.1) is 16.8 Å². The number of alkyl halides is 6. The summed E-state index contributed by atoms with van der Waals surface area (Å²) >= 11 is 0. The number of piperidine rings is 2. The number of rotatable bonds is 4. The lowest BCUT2D eigenvalue weighted by molar-refractivity contribution is -0.143. The number of pyridine rings is 1. The molecule has 40 heavy (non-hydrogen) atoms. The monoisotopic (exact) mass is 561 g/mol. The van der Waals surface area contributed by atoms with E-state index in [4.69, 9.17) is 0 Å². The lowest BCUT2D eigenvalue weighted by Gasteiger charge is -2.31. The van der Waals surface area contributed by atoms with Crippen LogP contribution in [0.15, 0.2) is 54.7 Å². The summed E-state index contributed by atoms with van der Waals surface area (Å²) in [6.07, 6.45) is -4.49. The first-order chi connectivity index (χ1) is 18.9. The molecule has 2 aliphatic rings. The van der Waals surface area contributed by atoms with E-state index in [-0.39, 0.29) is 29.1 Å². The van der Waals surface area contributed by atoms with Crippen molar-refractivity contribution in [1.29, 1.82) is 0 Å². The number of hydrogen-bond donors (Lipinski definition) is 0. The number of anilines is 2. The molecule has 2 fully saturated rings. The minimum absolute atomic E-state index is 0.0298. The second-order valence-corrected chi connectivity index (χ2v) is 9.97. The number of amides is 2. The zero-order valence-corrected chi connectivity index (χ0v) is 21.3. The SMILES string of the molecule is O=C1CCCCN1c1cc(-c2ccc(-c3cc(C(F)(F)F)cc(C(F)(F)F)c3)nc2)cc(N2CCCCC2=O)c1. The minimum Gasteiger partial charge on any atom is -0.312 e. The summed E-state index contributed by atoms with van der Waals surface area (Å²) in [6.45, 7) is 1.06. The van der Waals surface area contributed by atoms with E-state index < -0.39 is 23.5 Å². The standard InChI is InChI=1S/C29H25F6N3O2/c30-28(31,32)21-11-20(12-22(15-21)29(33,34)35)25-8-7-18(17-36-25)19-13-23(37-9-3-1-5-26(37)39)16-24(14-19)38-10-4-2-6-27(38)40/h7-8,11-17H,1-6,9-10H2. The summed E-state index contributed by atoms with van der Waals surface area (Å²) in [5.74, 6) is -0.0596. The second kappa shape index (κ2) is 10.6. The average molecular weight is 562 g/mol. The Bertz CT molecular complexity index is 1350. The number of benzene rings is 2. The Balaban J connectivity index is 1.55. The third kappa shape index (κ3) is 5.83. The molecule has 0 unspecified atom stereocenters. The second-order valence-electron chi connectivity index (χ2n) is 9.97. The number of halogens is 6. The van der Waals surface area contributed by atoms with Crippen molar-refractivity contribution in [3.63, 3.8) is 0 Å². The maximum atomic E-state index is 13.3. The van der Waals surface area contributed by atoms with Crippen molar-refractivity contribution in [2.24, 2.45) is 0 Å². The van der Waals surface area contributed by atoms with Gasteiger partial charge < -0.3 is 9.80 Å². The molecular weight excluding hydrogens is 536 g/mol. The van der Waals surface area contributed by atoms with Gasteiger partial charge in [0.2, 0.25) is 11.8 Å². The van der Waals surface area contributed by atoms with Crippen molar-refractivity contribution >= 4 is 23.2 Å². The Labute approximate surface area is 226 Å². The maximum Gasteiger partial charge on any atom is 0.416 e. The van der Waals surface area contributed by atoms with Gasteiger partial charge in [-0.15, -0.1) is 0 Å². The highest BCUT2D eigenvalue weighted by Crippen LogP contribution is 2.39. The summed E-state index contributed by atoms with van der Waals surface area (Å²) in [5, 5.41) is 0. The molecule has 3 aromatic rings. The van der Waals surface area contributed by atoms with E-state index in [9.17, 15) is 35.9 Å². The molecule has 210 valence electrons. The normalized spacial score (nSPS) is 16.9. The smallest absolute Gasteiger partial charge is 0.312 e. The van der Waals surface area contributed by atoms with Crippen molar-refractivity contribution in [1.82, 2.24) is 4.98 Å². The van der Waals surface area contributed by atoms with Gasteiger partial charge in [-0.05, 0) is 73.7 Å². The van der Waals surface area contributed by atoms with Crippen molar-refractivity contribution in [2.75, 3.05) is 22.9 Å². The molecule has 2 aromatic carbocycles. The number of hydrogen-bond acceptors (Lipinski definition) is 3. The fourth-order valence-electron chi connectivity index (χ4n) is 5.07. The fraction of sp³-hybridized carbons (Fsp3) is 0.345. The molecule has 2 saturated heterocycles. The number of carbonyl (C=O) groups excluding carboxylic acids is 2. The molecule has 5 rings (SSSR count). The van der Waals surface area contributed by atoms with Crippen LogP contribution in [0.5, 0.6) is 0 Å². The van der Waals surface area contributed by atoms with Crippen LogP contribution in [0.4, 0.5) is 37.7 Å². The van der Waals surface area contributed by atoms with Gasteiger partial charge >= 0.3 is 12.4 Å². The van der Waals surface area contributed by atoms with E-state index in [2.05, 4.69) is 4.98 Å². The highest BCUT2D eigenvalue weighted by molar-refractivity contribution is 5.98. The van der Waals surface area contributed by atoms with Gasteiger partial charge in [-0.2, -0.15) is 26.3 Å². The van der Waals surface area contributed by atoms with Gasteiger partial charge in [0, 0.05) is 54.6 Å². The third-order valence-corrected chi connectivity index (χ3v) is 7.15. The minimum atomic E-state index is -4.97. The Morgan fingerprint density at radius 1 is 0.600 bits per heavy atom. The van der Waals surface area contributed by atoms with Crippen molar-refractivity contribution in [2.45, 2.75) is 50.9 Å².